The summed E-state index contributed by atoms with van der Waals surface area (Å²) in [4.78, 5) is 10.5. The number of aromatic carboxylic acids is 1. The van der Waals surface area contributed by atoms with Gasteiger partial charge in [0.05, 0.1) is 7.11 Å². The van der Waals surface area contributed by atoms with Crippen molar-refractivity contribution in [2.75, 3.05) is 7.11 Å². The molecule has 0 aliphatic rings. The van der Waals surface area contributed by atoms with Crippen molar-refractivity contribution in [3.8, 4) is 5.75 Å². The van der Waals surface area contributed by atoms with Crippen LogP contribution in [0.25, 0.3) is 0 Å². The van der Waals surface area contributed by atoms with Crippen molar-refractivity contribution < 1.29 is 47.3 Å². The number of para-hydroxylation sites is 1. The maximum Gasteiger partial charge on any atom is 0.339 e. The molecule has 0 aromatic heterocycles. The fourth-order valence-electron chi connectivity index (χ4n) is 0.821. The van der Waals surface area contributed by atoms with Gasteiger partial charge in [-0.25, -0.2) is 4.79 Å². The first-order valence-corrected chi connectivity index (χ1v) is 4.12. The molecule has 1 rings (SSSR count). The van der Waals surface area contributed by atoms with Gasteiger partial charge in [-0.05, 0) is 12.1 Å². The maximum atomic E-state index is 10.5. The summed E-state index contributed by atoms with van der Waals surface area (Å²) in [7, 11) is 1.45. The van der Waals surface area contributed by atoms with Crippen LogP contribution < -0.4 is 4.74 Å². The zero-order chi connectivity index (χ0) is 10.3. The van der Waals surface area contributed by atoms with Crippen molar-refractivity contribution in [3.05, 3.63) is 37.3 Å². The smallest absolute Gasteiger partial charge is 0.339 e. The van der Waals surface area contributed by atoms with Crippen LogP contribution in [0.15, 0.2) is 24.3 Å². The van der Waals surface area contributed by atoms with E-state index in [1.807, 2.05) is 13.8 Å². The molecule has 0 heterocycles. The summed E-state index contributed by atoms with van der Waals surface area (Å²) in [5.74, 6) is -0.581. The van der Waals surface area contributed by atoms with Crippen LogP contribution >= 0.6 is 0 Å². The van der Waals surface area contributed by atoms with E-state index in [0.717, 1.165) is 0 Å². The van der Waals surface area contributed by atoms with Crippen LogP contribution in [0.5, 0.6) is 5.75 Å². The normalized spacial score (nSPS) is 7.13. The van der Waals surface area contributed by atoms with Crippen LogP contribution in [0, 0.1) is 7.43 Å². The number of carboxylic acid groups (broad SMARTS) is 1. The molecule has 0 amide bonds. The first kappa shape index (κ1) is 20.1. The van der Waals surface area contributed by atoms with Gasteiger partial charge in [0, 0.05) is 32.7 Å². The maximum absolute atomic E-state index is 10.5. The Kier molecular flexibility index (Phi) is 15.6. The van der Waals surface area contributed by atoms with E-state index in [-0.39, 0.29) is 45.7 Å². The molecule has 0 unspecified atom stereocenters. The second-order valence-corrected chi connectivity index (χ2v) is 2.01. The van der Waals surface area contributed by atoms with E-state index in [1.165, 1.54) is 13.2 Å². The number of benzene rings is 1. The third-order valence-corrected chi connectivity index (χ3v) is 1.34. The van der Waals surface area contributed by atoms with Gasteiger partial charge in [-0.2, -0.15) is 0 Å². The summed E-state index contributed by atoms with van der Waals surface area (Å²) >= 11 is 0. The average molecular weight is 286 g/mol. The van der Waals surface area contributed by atoms with E-state index in [1.54, 1.807) is 18.2 Å². The van der Waals surface area contributed by atoms with Crippen molar-refractivity contribution in [1.82, 2.24) is 0 Å². The van der Waals surface area contributed by atoms with Gasteiger partial charge in [0.15, 0.2) is 0 Å². The molecule has 0 saturated heterocycles. The monoisotopic (exact) mass is 286 g/mol. The second-order valence-electron chi connectivity index (χ2n) is 2.01. The fourth-order valence-corrected chi connectivity index (χ4v) is 0.821. The number of hydrogen-bond donors (Lipinski definition) is 1. The second kappa shape index (κ2) is 11.7. The van der Waals surface area contributed by atoms with Crippen LogP contribution in [0.4, 0.5) is 0 Å². The Balaban J connectivity index is -0.000000339. The SMILES string of the molecule is CC.COc1ccccc1C(=O)O.[CH3-].[Y]. The molecular weight excluding hydrogens is 269 g/mol. The van der Waals surface area contributed by atoms with Gasteiger partial charge in [-0.3, -0.25) is 0 Å². The van der Waals surface area contributed by atoms with Gasteiger partial charge in [0.1, 0.15) is 11.3 Å². The quantitative estimate of drug-likeness (QED) is 0.850. The summed E-state index contributed by atoms with van der Waals surface area (Å²) < 4.78 is 4.83. The van der Waals surface area contributed by atoms with E-state index in [2.05, 4.69) is 0 Å². The van der Waals surface area contributed by atoms with Crippen LogP contribution in [0.3, 0.4) is 0 Å². The number of hydrogen-bond acceptors (Lipinski definition) is 2. The van der Waals surface area contributed by atoms with Crippen molar-refractivity contribution in [2.24, 2.45) is 0 Å². The minimum Gasteiger partial charge on any atom is -0.496 e. The van der Waals surface area contributed by atoms with Gasteiger partial charge in [0.25, 0.3) is 0 Å². The van der Waals surface area contributed by atoms with E-state index in [4.69, 9.17) is 9.84 Å². The summed E-state index contributed by atoms with van der Waals surface area (Å²) in [5.41, 5.74) is 0.190. The summed E-state index contributed by atoms with van der Waals surface area (Å²) in [6.07, 6.45) is 0. The van der Waals surface area contributed by atoms with Crippen LogP contribution in [0.2, 0.25) is 0 Å². The molecular formula is C11H17O3Y-. The summed E-state index contributed by atoms with van der Waals surface area (Å²) in [5, 5.41) is 8.62. The first-order valence-electron chi connectivity index (χ1n) is 4.12. The average Bonchev–Trinajstić information content (AvgIpc) is 2.20. The van der Waals surface area contributed by atoms with Gasteiger partial charge in [-0.15, -0.1) is 0 Å². The van der Waals surface area contributed by atoms with E-state index >= 15 is 0 Å². The Bertz CT molecular complexity index is 274. The molecule has 15 heavy (non-hydrogen) atoms. The number of rotatable bonds is 2. The zero-order valence-electron chi connectivity index (χ0n) is 9.65. The number of methoxy groups -OCH3 is 1. The summed E-state index contributed by atoms with van der Waals surface area (Å²) in [6.45, 7) is 4.00. The number of carboxylic acids is 1. The van der Waals surface area contributed by atoms with Crippen LogP contribution in [-0.4, -0.2) is 18.2 Å². The zero-order valence-corrected chi connectivity index (χ0v) is 12.5. The Morgan fingerprint density at radius 1 is 1.27 bits per heavy atom. The molecule has 1 aromatic carbocycles. The van der Waals surface area contributed by atoms with Gasteiger partial charge < -0.3 is 17.3 Å². The van der Waals surface area contributed by atoms with Crippen molar-refractivity contribution in [2.45, 2.75) is 13.8 Å². The molecule has 0 spiro atoms. The van der Waals surface area contributed by atoms with E-state index in [9.17, 15) is 4.79 Å². The molecule has 3 nitrogen and oxygen atoms in total. The molecule has 0 atom stereocenters. The molecule has 0 saturated carbocycles. The Morgan fingerprint density at radius 3 is 2.07 bits per heavy atom. The predicted octanol–water partition coefficient (Wildman–Crippen LogP) is 2.87. The molecule has 1 aromatic rings. The molecule has 1 radical (unpaired) electrons. The molecule has 0 bridgehead atoms. The minimum atomic E-state index is -0.970. The molecule has 0 aliphatic heterocycles. The van der Waals surface area contributed by atoms with Crippen LogP contribution in [0.1, 0.15) is 24.2 Å². The number of carbonyl (C=O) groups is 1. The number of ether oxygens (including phenoxy) is 1. The summed E-state index contributed by atoms with van der Waals surface area (Å²) in [6, 6.07) is 6.50. The Hall–Kier alpha value is -0.406. The van der Waals surface area contributed by atoms with E-state index in [0.29, 0.717) is 5.75 Å². The molecule has 4 heteroatoms. The van der Waals surface area contributed by atoms with Crippen LogP contribution in [-0.2, 0) is 32.7 Å². The van der Waals surface area contributed by atoms with Gasteiger partial charge in [0.2, 0.25) is 0 Å². The largest absolute Gasteiger partial charge is 0.496 e. The van der Waals surface area contributed by atoms with Crippen molar-refractivity contribution in [3.63, 3.8) is 0 Å². The van der Waals surface area contributed by atoms with E-state index < -0.39 is 5.97 Å². The molecule has 83 valence electrons. The third-order valence-electron chi connectivity index (χ3n) is 1.34. The standard InChI is InChI=1S/C8H8O3.C2H6.CH3.Y/c1-11-7-5-3-2-4-6(7)8(9)10;1-2;;/h2-5H,1H3,(H,9,10);1-2H3;1H3;/q;;-1;. The third kappa shape index (κ3) is 6.64. The molecule has 0 fully saturated rings. The van der Waals surface area contributed by atoms with Gasteiger partial charge in [-0.1, -0.05) is 26.0 Å². The molecule has 1 N–H and O–H groups in total. The first-order chi connectivity index (χ1) is 6.25. The Morgan fingerprint density at radius 2 is 1.73 bits per heavy atom. The predicted molar refractivity (Wildman–Crippen MR) is 57.7 cm³/mol. The topological polar surface area (TPSA) is 46.5 Å². The van der Waals surface area contributed by atoms with Crippen molar-refractivity contribution in [1.29, 1.82) is 0 Å². The van der Waals surface area contributed by atoms with Crippen molar-refractivity contribution >= 4 is 5.97 Å². The Labute approximate surface area is 117 Å². The molecule has 0 aliphatic carbocycles. The van der Waals surface area contributed by atoms with Gasteiger partial charge >= 0.3 is 5.97 Å². The minimum absolute atomic E-state index is 0. The fraction of sp³-hybridized carbons (Fsp3) is 0.273.